The first-order chi connectivity index (χ1) is 9.88. The highest BCUT2D eigenvalue weighted by atomic mass is 32.2. The summed E-state index contributed by atoms with van der Waals surface area (Å²) in [6.45, 7) is 1.92. The van der Waals surface area contributed by atoms with Crippen LogP contribution in [0.15, 0.2) is 51.7 Å². The summed E-state index contributed by atoms with van der Waals surface area (Å²) >= 11 is 3.63. The molecule has 4 rings (SSSR count). The minimum Gasteiger partial charge on any atom is -0.317 e. The molecule has 0 radical (unpaired) electrons. The Bertz CT molecular complexity index is 744. The Morgan fingerprint density at radius 1 is 1.15 bits per heavy atom. The number of rotatable bonds is 2. The normalized spacial score (nSPS) is 17.9. The smallest absolute Gasteiger partial charge is 0.169 e. The summed E-state index contributed by atoms with van der Waals surface area (Å²) in [6, 6.07) is 15.2. The number of benzene rings is 2. The minimum atomic E-state index is 0.915. The van der Waals surface area contributed by atoms with Gasteiger partial charge in [-0.3, -0.25) is 4.99 Å². The second kappa shape index (κ2) is 4.86. The zero-order chi connectivity index (χ0) is 13.5. The molecule has 0 aliphatic carbocycles. The second-order valence-electron chi connectivity index (χ2n) is 4.78. The molecule has 2 aliphatic heterocycles. The number of aliphatic imine (C=N–C) groups is 1. The lowest BCUT2D eigenvalue weighted by Gasteiger charge is -2.18. The van der Waals surface area contributed by atoms with Crippen LogP contribution in [0.25, 0.3) is 16.5 Å². The summed E-state index contributed by atoms with van der Waals surface area (Å²) in [6.07, 6.45) is 2.15. The van der Waals surface area contributed by atoms with Crippen molar-refractivity contribution >= 4 is 45.2 Å². The maximum atomic E-state index is 4.60. The van der Waals surface area contributed by atoms with Crippen LogP contribution in [0.1, 0.15) is 5.56 Å². The van der Waals surface area contributed by atoms with E-state index in [-0.39, 0.29) is 0 Å². The largest absolute Gasteiger partial charge is 0.317 e. The molecule has 2 aromatic carbocycles. The Morgan fingerprint density at radius 3 is 2.90 bits per heavy atom. The van der Waals surface area contributed by atoms with Gasteiger partial charge in [0.25, 0.3) is 0 Å². The molecule has 0 saturated carbocycles. The highest BCUT2D eigenvalue weighted by molar-refractivity contribution is 8.30. The highest BCUT2D eigenvalue weighted by Crippen LogP contribution is 2.47. The maximum Gasteiger partial charge on any atom is 0.169 e. The number of hydrogen-bond acceptors (Lipinski definition) is 4. The molecule has 0 fully saturated rings. The first-order valence-corrected chi connectivity index (χ1v) is 8.69. The predicted octanol–water partition coefficient (Wildman–Crippen LogP) is 4.25. The van der Waals surface area contributed by atoms with E-state index in [2.05, 4.69) is 58.6 Å². The van der Waals surface area contributed by atoms with Gasteiger partial charge in [-0.15, -0.1) is 11.8 Å². The molecule has 0 unspecified atom stereocenters. The van der Waals surface area contributed by atoms with Crippen LogP contribution in [0.5, 0.6) is 0 Å². The molecular weight excluding hydrogens is 284 g/mol. The third-order valence-electron chi connectivity index (χ3n) is 3.68. The van der Waals surface area contributed by atoms with Crippen LogP contribution in [0.3, 0.4) is 0 Å². The number of fused-ring (bicyclic) bond motifs is 2. The van der Waals surface area contributed by atoms with Gasteiger partial charge in [0.2, 0.25) is 0 Å². The summed E-state index contributed by atoms with van der Waals surface area (Å²) in [5.41, 5.74) is 2.67. The lowest BCUT2D eigenvalue weighted by atomic mass is 10.0. The maximum absolute atomic E-state index is 4.60. The molecule has 0 aromatic heterocycles. The summed E-state index contributed by atoms with van der Waals surface area (Å²) in [5.74, 6) is 0. The van der Waals surface area contributed by atoms with Crippen molar-refractivity contribution < 1.29 is 0 Å². The van der Waals surface area contributed by atoms with Gasteiger partial charge in [-0.25, -0.2) is 0 Å². The van der Waals surface area contributed by atoms with E-state index in [0.29, 0.717) is 0 Å². The Hall–Kier alpha value is -1.39. The average Bonchev–Trinajstić information content (AvgIpc) is 3.06. The van der Waals surface area contributed by atoms with Gasteiger partial charge in [0.05, 0.1) is 16.5 Å². The molecule has 100 valence electrons. The van der Waals surface area contributed by atoms with Crippen LogP contribution in [0, 0.1) is 0 Å². The number of amidine groups is 1. The molecule has 2 aromatic rings. The molecule has 2 nitrogen and oxygen atoms in total. The van der Waals surface area contributed by atoms with Crippen LogP contribution in [0.4, 0.5) is 0 Å². The standard InChI is InChI=1S/C16H14N2S2/c1-19-15-14(18-10-9-17-16(18)20-15)13-8-4-6-11-5-2-3-7-12(11)13/h2-8H,9-10H2,1H3. The van der Waals surface area contributed by atoms with Crippen LogP contribution < -0.4 is 0 Å². The molecule has 0 saturated heterocycles. The Balaban J connectivity index is 1.96. The third-order valence-corrected chi connectivity index (χ3v) is 5.90. The fraction of sp³-hybridized carbons (Fsp3) is 0.188. The SMILES string of the molecule is CSC1=C(c2cccc3ccccc23)N2CCN=C2S1. The minimum absolute atomic E-state index is 0.915. The van der Waals surface area contributed by atoms with Gasteiger partial charge >= 0.3 is 0 Å². The average molecular weight is 298 g/mol. The molecule has 4 heteroatoms. The summed E-state index contributed by atoms with van der Waals surface area (Å²) in [4.78, 5) is 6.98. The van der Waals surface area contributed by atoms with E-state index in [1.807, 2.05) is 23.5 Å². The van der Waals surface area contributed by atoms with Gasteiger partial charge in [0.1, 0.15) is 0 Å². The molecule has 0 bridgehead atoms. The van der Waals surface area contributed by atoms with Crippen molar-refractivity contribution in [1.82, 2.24) is 4.90 Å². The van der Waals surface area contributed by atoms with E-state index < -0.39 is 0 Å². The van der Waals surface area contributed by atoms with Crippen LogP contribution in [0.2, 0.25) is 0 Å². The second-order valence-corrected chi connectivity index (χ2v) is 6.84. The van der Waals surface area contributed by atoms with E-state index in [1.165, 1.54) is 26.3 Å². The molecule has 0 spiro atoms. The van der Waals surface area contributed by atoms with Crippen molar-refractivity contribution in [3.8, 4) is 0 Å². The van der Waals surface area contributed by atoms with Crippen LogP contribution in [-0.2, 0) is 0 Å². The Labute approximate surface area is 127 Å². The zero-order valence-electron chi connectivity index (χ0n) is 11.2. The van der Waals surface area contributed by atoms with Crippen LogP contribution in [-0.4, -0.2) is 29.4 Å². The van der Waals surface area contributed by atoms with E-state index >= 15 is 0 Å². The van der Waals surface area contributed by atoms with Gasteiger partial charge in [-0.05, 0) is 28.8 Å². The molecule has 2 aliphatic rings. The highest BCUT2D eigenvalue weighted by Gasteiger charge is 2.33. The third kappa shape index (κ3) is 1.79. The van der Waals surface area contributed by atoms with Crippen molar-refractivity contribution in [3.05, 3.63) is 52.3 Å². The van der Waals surface area contributed by atoms with Gasteiger partial charge in [-0.1, -0.05) is 42.5 Å². The van der Waals surface area contributed by atoms with Crippen molar-refractivity contribution in [3.63, 3.8) is 0 Å². The summed E-state index contributed by atoms with van der Waals surface area (Å²) in [5, 5.41) is 3.79. The molecule has 20 heavy (non-hydrogen) atoms. The summed E-state index contributed by atoms with van der Waals surface area (Å²) < 4.78 is 1.36. The Kier molecular flexibility index (Phi) is 3.00. The van der Waals surface area contributed by atoms with E-state index in [1.54, 1.807) is 0 Å². The zero-order valence-corrected chi connectivity index (χ0v) is 12.8. The fourth-order valence-corrected chi connectivity index (χ4v) is 4.69. The van der Waals surface area contributed by atoms with E-state index in [4.69, 9.17) is 0 Å². The van der Waals surface area contributed by atoms with Crippen LogP contribution >= 0.6 is 23.5 Å². The molecule has 2 heterocycles. The fourth-order valence-electron chi connectivity index (χ4n) is 2.79. The number of nitrogens with zero attached hydrogens (tertiary/aromatic N) is 2. The van der Waals surface area contributed by atoms with Crippen molar-refractivity contribution in [2.75, 3.05) is 19.3 Å². The summed E-state index contributed by atoms with van der Waals surface area (Å²) in [7, 11) is 0. The monoisotopic (exact) mass is 298 g/mol. The number of hydrogen-bond donors (Lipinski definition) is 0. The molecular formula is C16H14N2S2. The quantitative estimate of drug-likeness (QED) is 0.824. The van der Waals surface area contributed by atoms with Gasteiger partial charge in [0.15, 0.2) is 5.17 Å². The van der Waals surface area contributed by atoms with Gasteiger partial charge in [-0.2, -0.15) is 0 Å². The molecule has 0 atom stereocenters. The molecule has 0 amide bonds. The predicted molar refractivity (Wildman–Crippen MR) is 91.0 cm³/mol. The molecule has 0 N–H and O–H groups in total. The van der Waals surface area contributed by atoms with Crippen molar-refractivity contribution in [1.29, 1.82) is 0 Å². The van der Waals surface area contributed by atoms with Gasteiger partial charge in [0, 0.05) is 12.1 Å². The lowest BCUT2D eigenvalue weighted by molar-refractivity contribution is 0.650. The van der Waals surface area contributed by atoms with E-state index in [9.17, 15) is 0 Å². The van der Waals surface area contributed by atoms with E-state index in [0.717, 1.165) is 18.3 Å². The van der Waals surface area contributed by atoms with Gasteiger partial charge < -0.3 is 4.90 Å². The topological polar surface area (TPSA) is 15.6 Å². The Morgan fingerprint density at radius 2 is 2.00 bits per heavy atom. The lowest BCUT2D eigenvalue weighted by Crippen LogP contribution is -2.20. The first-order valence-electron chi connectivity index (χ1n) is 6.65. The van der Waals surface area contributed by atoms with Crippen molar-refractivity contribution in [2.45, 2.75) is 0 Å². The number of thioether (sulfide) groups is 2. The van der Waals surface area contributed by atoms with Crippen molar-refractivity contribution in [2.24, 2.45) is 4.99 Å². The first kappa shape index (κ1) is 12.4.